The second kappa shape index (κ2) is 9.14. The number of hydrogen-bond acceptors (Lipinski definition) is 3. The Kier molecular flexibility index (Phi) is 6.36. The highest BCUT2D eigenvalue weighted by Gasteiger charge is 2.31. The molecule has 0 N–H and O–H groups in total. The van der Waals surface area contributed by atoms with Gasteiger partial charge in [0.2, 0.25) is 5.91 Å². The van der Waals surface area contributed by atoms with Crippen LogP contribution in [-0.2, 0) is 11.3 Å². The summed E-state index contributed by atoms with van der Waals surface area (Å²) in [7, 11) is 0. The molecule has 0 unspecified atom stereocenters. The third-order valence-electron chi connectivity index (χ3n) is 5.99. The lowest BCUT2D eigenvalue weighted by atomic mass is 9.95. The topological polar surface area (TPSA) is 26.8 Å². The first-order chi connectivity index (χ1) is 14.1. The van der Waals surface area contributed by atoms with Crippen LogP contribution in [0.25, 0.3) is 0 Å². The van der Waals surface area contributed by atoms with Crippen molar-refractivity contribution in [3.05, 3.63) is 64.9 Å². The molecule has 0 spiro atoms. The predicted octanol–water partition coefficient (Wildman–Crippen LogP) is 4.04. The number of anilines is 1. The molecular formula is C23H27ClFN3O. The van der Waals surface area contributed by atoms with Gasteiger partial charge in [-0.25, -0.2) is 4.39 Å². The Labute approximate surface area is 176 Å². The van der Waals surface area contributed by atoms with E-state index in [1.54, 1.807) is 12.1 Å². The smallest absolute Gasteiger partial charge is 0.227 e. The Hall–Kier alpha value is -2.11. The fraction of sp³-hybridized carbons (Fsp3) is 0.435. The van der Waals surface area contributed by atoms with Gasteiger partial charge in [-0.15, -0.1) is 0 Å². The summed E-state index contributed by atoms with van der Waals surface area (Å²) >= 11 is 6.31. The minimum Gasteiger partial charge on any atom is -0.366 e. The molecule has 2 aromatic rings. The molecule has 0 radical (unpaired) electrons. The standard InChI is InChI=1S/C23H27ClFN3O/c24-20-8-2-1-6-18(20)16-26-11-5-7-19(17-26)23(29)28-14-12-27(13-15-28)22-10-4-3-9-21(22)25/h1-4,6,8-10,19H,5,7,11-17H2/t19-/m1/s1. The highest BCUT2D eigenvalue weighted by molar-refractivity contribution is 6.31. The molecule has 1 atom stereocenters. The van der Waals surface area contributed by atoms with Crippen molar-refractivity contribution in [2.75, 3.05) is 44.2 Å². The van der Waals surface area contributed by atoms with E-state index in [1.807, 2.05) is 34.1 Å². The van der Waals surface area contributed by atoms with Crippen molar-refractivity contribution in [1.82, 2.24) is 9.80 Å². The second-order valence-corrected chi connectivity index (χ2v) is 8.34. The van der Waals surface area contributed by atoms with Crippen LogP contribution in [0.4, 0.5) is 10.1 Å². The molecule has 0 bridgehead atoms. The largest absolute Gasteiger partial charge is 0.366 e. The maximum Gasteiger partial charge on any atom is 0.227 e. The molecule has 29 heavy (non-hydrogen) atoms. The van der Waals surface area contributed by atoms with Gasteiger partial charge in [0.1, 0.15) is 5.82 Å². The van der Waals surface area contributed by atoms with Crippen LogP contribution in [0.1, 0.15) is 18.4 Å². The quantitative estimate of drug-likeness (QED) is 0.754. The lowest BCUT2D eigenvalue weighted by Crippen LogP contribution is -2.52. The van der Waals surface area contributed by atoms with Crippen molar-refractivity contribution < 1.29 is 9.18 Å². The maximum absolute atomic E-state index is 14.0. The Bertz CT molecular complexity index is 854. The van der Waals surface area contributed by atoms with E-state index < -0.39 is 0 Å². The number of carbonyl (C=O) groups excluding carboxylic acids is 1. The van der Waals surface area contributed by atoms with Crippen molar-refractivity contribution >= 4 is 23.2 Å². The number of benzene rings is 2. The van der Waals surface area contributed by atoms with Crippen molar-refractivity contribution in [3.63, 3.8) is 0 Å². The van der Waals surface area contributed by atoms with Gasteiger partial charge in [-0.2, -0.15) is 0 Å². The summed E-state index contributed by atoms with van der Waals surface area (Å²) in [6.45, 7) is 5.19. The lowest BCUT2D eigenvalue weighted by molar-refractivity contribution is -0.137. The summed E-state index contributed by atoms with van der Waals surface area (Å²) in [6, 6.07) is 14.8. The first-order valence-electron chi connectivity index (χ1n) is 10.4. The summed E-state index contributed by atoms with van der Waals surface area (Å²) < 4.78 is 14.0. The minimum absolute atomic E-state index is 0.0336. The molecule has 2 saturated heterocycles. The van der Waals surface area contributed by atoms with Gasteiger partial charge in [-0.05, 0) is 43.1 Å². The van der Waals surface area contributed by atoms with Gasteiger partial charge in [0.15, 0.2) is 0 Å². The molecule has 6 heteroatoms. The highest BCUT2D eigenvalue weighted by atomic mass is 35.5. The Morgan fingerprint density at radius 1 is 1.00 bits per heavy atom. The molecule has 0 saturated carbocycles. The van der Waals surface area contributed by atoms with Crippen molar-refractivity contribution in [2.45, 2.75) is 19.4 Å². The summed E-state index contributed by atoms with van der Waals surface area (Å²) in [4.78, 5) is 19.4. The molecule has 2 heterocycles. The van der Waals surface area contributed by atoms with Crippen LogP contribution in [0.2, 0.25) is 5.02 Å². The summed E-state index contributed by atoms with van der Waals surface area (Å²) in [5.74, 6) is 0.0723. The molecular weight excluding hydrogens is 389 g/mol. The van der Waals surface area contributed by atoms with Crippen LogP contribution in [0, 0.1) is 11.7 Å². The number of nitrogens with zero attached hydrogens (tertiary/aromatic N) is 3. The van der Waals surface area contributed by atoms with E-state index in [0.29, 0.717) is 31.9 Å². The van der Waals surface area contributed by atoms with Crippen molar-refractivity contribution in [2.24, 2.45) is 5.92 Å². The number of amides is 1. The predicted molar refractivity (Wildman–Crippen MR) is 115 cm³/mol. The van der Waals surface area contributed by atoms with Gasteiger partial charge in [0.05, 0.1) is 11.6 Å². The summed E-state index contributed by atoms with van der Waals surface area (Å²) in [6.07, 6.45) is 1.96. The molecule has 1 amide bonds. The zero-order valence-corrected chi connectivity index (χ0v) is 17.3. The second-order valence-electron chi connectivity index (χ2n) is 7.93. The highest BCUT2D eigenvalue weighted by Crippen LogP contribution is 2.25. The fourth-order valence-electron chi connectivity index (χ4n) is 4.40. The van der Waals surface area contributed by atoms with Gasteiger partial charge in [-0.1, -0.05) is 41.9 Å². The van der Waals surface area contributed by atoms with Gasteiger partial charge in [0, 0.05) is 44.3 Å². The van der Waals surface area contributed by atoms with E-state index in [2.05, 4.69) is 11.0 Å². The van der Waals surface area contributed by atoms with Crippen LogP contribution in [0.15, 0.2) is 48.5 Å². The third-order valence-corrected chi connectivity index (χ3v) is 6.36. The number of rotatable bonds is 4. The fourth-order valence-corrected chi connectivity index (χ4v) is 4.60. The van der Waals surface area contributed by atoms with E-state index in [-0.39, 0.29) is 17.6 Å². The minimum atomic E-state index is -0.199. The van der Waals surface area contributed by atoms with E-state index in [4.69, 9.17) is 11.6 Å². The molecule has 2 aromatic carbocycles. The zero-order chi connectivity index (χ0) is 20.2. The molecule has 2 aliphatic rings. The first kappa shape index (κ1) is 20.2. The third kappa shape index (κ3) is 4.73. The van der Waals surface area contributed by atoms with Gasteiger partial charge >= 0.3 is 0 Å². The van der Waals surface area contributed by atoms with Crippen LogP contribution in [-0.4, -0.2) is 55.0 Å². The monoisotopic (exact) mass is 415 g/mol. The molecule has 2 fully saturated rings. The average Bonchev–Trinajstić information content (AvgIpc) is 2.76. The Morgan fingerprint density at radius 3 is 2.48 bits per heavy atom. The van der Waals surface area contributed by atoms with E-state index >= 15 is 0 Å². The SMILES string of the molecule is O=C([C@@H]1CCCN(Cc2ccccc2Cl)C1)N1CCN(c2ccccc2F)CC1. The average molecular weight is 416 g/mol. The number of piperazine rings is 1. The summed E-state index contributed by atoms with van der Waals surface area (Å²) in [5.41, 5.74) is 1.74. The van der Waals surface area contributed by atoms with Gasteiger partial charge in [-0.3, -0.25) is 9.69 Å². The van der Waals surface area contributed by atoms with Crippen LogP contribution in [0.5, 0.6) is 0 Å². The molecule has 2 aliphatic heterocycles. The Balaban J connectivity index is 1.33. The lowest BCUT2D eigenvalue weighted by Gasteiger charge is -2.39. The van der Waals surface area contributed by atoms with E-state index in [0.717, 1.165) is 43.1 Å². The van der Waals surface area contributed by atoms with E-state index in [9.17, 15) is 9.18 Å². The van der Waals surface area contributed by atoms with Crippen LogP contribution >= 0.6 is 11.6 Å². The molecule has 154 valence electrons. The molecule has 4 nitrogen and oxygen atoms in total. The molecule has 0 aliphatic carbocycles. The number of carbonyl (C=O) groups is 1. The number of likely N-dealkylation sites (tertiary alicyclic amines) is 1. The van der Waals surface area contributed by atoms with Crippen LogP contribution < -0.4 is 4.90 Å². The van der Waals surface area contributed by atoms with Crippen molar-refractivity contribution in [1.29, 1.82) is 0 Å². The molecule has 4 rings (SSSR count). The van der Waals surface area contributed by atoms with Crippen LogP contribution in [0.3, 0.4) is 0 Å². The number of halogens is 2. The number of hydrogen-bond donors (Lipinski definition) is 0. The maximum atomic E-state index is 14.0. The normalized spacial score (nSPS) is 20.7. The summed E-state index contributed by atoms with van der Waals surface area (Å²) in [5, 5.41) is 0.783. The van der Waals surface area contributed by atoms with Crippen molar-refractivity contribution in [3.8, 4) is 0 Å². The van der Waals surface area contributed by atoms with Gasteiger partial charge in [0.25, 0.3) is 0 Å². The van der Waals surface area contributed by atoms with E-state index in [1.165, 1.54) is 6.07 Å². The zero-order valence-electron chi connectivity index (χ0n) is 16.6. The number of piperidine rings is 1. The first-order valence-corrected chi connectivity index (χ1v) is 10.7. The number of para-hydroxylation sites is 1. The Morgan fingerprint density at radius 2 is 1.72 bits per heavy atom. The molecule has 0 aromatic heterocycles. The van der Waals surface area contributed by atoms with Gasteiger partial charge < -0.3 is 9.80 Å².